The van der Waals surface area contributed by atoms with Gasteiger partial charge in [0.25, 0.3) is 0 Å². The molecular weight excluding hydrogens is 270 g/mol. The van der Waals surface area contributed by atoms with Crippen molar-refractivity contribution in [3.63, 3.8) is 0 Å². The van der Waals surface area contributed by atoms with E-state index < -0.39 is 0 Å². The molecule has 4 heteroatoms. The van der Waals surface area contributed by atoms with Gasteiger partial charge < -0.3 is 4.74 Å². The van der Waals surface area contributed by atoms with Crippen LogP contribution >= 0.6 is 11.9 Å². The second-order valence-electron chi connectivity index (χ2n) is 5.93. The fraction of sp³-hybridized carbons (Fsp3) is 0.562. The summed E-state index contributed by atoms with van der Waals surface area (Å²) in [6, 6.07) is 7.90. The third kappa shape index (κ3) is 10.9. The van der Waals surface area contributed by atoms with Crippen LogP contribution in [0.2, 0.25) is 0 Å². The molecule has 1 aromatic rings. The van der Waals surface area contributed by atoms with Gasteiger partial charge in [0.1, 0.15) is 0 Å². The lowest BCUT2D eigenvalue weighted by molar-refractivity contribution is -0.146. The molecule has 0 amide bonds. The van der Waals surface area contributed by atoms with Crippen molar-refractivity contribution in [2.75, 3.05) is 0 Å². The van der Waals surface area contributed by atoms with Crippen molar-refractivity contribution >= 4 is 17.9 Å². The van der Waals surface area contributed by atoms with Gasteiger partial charge in [-0.05, 0) is 47.1 Å². The normalized spacial score (nSPS) is 10.8. The Bertz CT molecular complexity index is 411. The number of benzene rings is 1. The molecule has 3 nitrogen and oxygen atoms in total. The summed E-state index contributed by atoms with van der Waals surface area (Å²) >= 11 is 1.38. The van der Waals surface area contributed by atoms with Crippen LogP contribution in [0.1, 0.15) is 45.7 Å². The average Bonchev–Trinajstić information content (AvgIpc) is 2.27. The Balaban J connectivity index is 0.000000511. The van der Waals surface area contributed by atoms with E-state index in [1.54, 1.807) is 0 Å². The molecule has 0 atom stereocenters. The number of hydrogen-bond acceptors (Lipinski definition) is 4. The molecule has 0 aliphatic carbocycles. The van der Waals surface area contributed by atoms with Crippen molar-refractivity contribution in [2.24, 2.45) is 5.14 Å². The van der Waals surface area contributed by atoms with E-state index in [2.05, 4.69) is 20.8 Å². The molecule has 0 saturated carbocycles. The maximum atomic E-state index is 11.3. The molecule has 0 aliphatic rings. The van der Waals surface area contributed by atoms with Crippen LogP contribution < -0.4 is 5.14 Å². The van der Waals surface area contributed by atoms with Crippen LogP contribution in [-0.4, -0.2) is 16.8 Å². The predicted octanol–water partition coefficient (Wildman–Crippen LogP) is 3.88. The standard InChI is InChI=1S/C12H16O2.C4H11NS/c1-9(2)14-12(13)8-11-6-4-5-10(3)7-11;1-4(2,3)6-5/h4-7,9H,8H2,1-3H3;5H2,1-3H3. The number of carbonyl (C=O) groups excluding carboxylic acids is 1. The molecule has 0 bridgehead atoms. The molecular formula is C16H27NO2S. The number of aryl methyl sites for hydroxylation is 1. The van der Waals surface area contributed by atoms with Crippen molar-refractivity contribution < 1.29 is 9.53 Å². The minimum absolute atomic E-state index is 0.0349. The van der Waals surface area contributed by atoms with Crippen LogP contribution in [0.25, 0.3) is 0 Å². The Morgan fingerprint density at radius 2 is 1.90 bits per heavy atom. The molecule has 0 aromatic heterocycles. The summed E-state index contributed by atoms with van der Waals surface area (Å²) in [6.45, 7) is 12.0. The first-order chi connectivity index (χ1) is 9.14. The second kappa shape index (κ2) is 9.03. The Kier molecular flexibility index (Phi) is 8.58. The van der Waals surface area contributed by atoms with Crippen LogP contribution in [0.4, 0.5) is 0 Å². The zero-order chi connectivity index (χ0) is 15.8. The van der Waals surface area contributed by atoms with Crippen molar-refractivity contribution in [3.05, 3.63) is 35.4 Å². The first-order valence-corrected chi connectivity index (χ1v) is 7.65. The topological polar surface area (TPSA) is 52.3 Å². The number of carbonyl (C=O) groups is 1. The maximum absolute atomic E-state index is 11.3. The fourth-order valence-electron chi connectivity index (χ4n) is 1.29. The largest absolute Gasteiger partial charge is 0.463 e. The van der Waals surface area contributed by atoms with Gasteiger partial charge >= 0.3 is 5.97 Å². The summed E-state index contributed by atoms with van der Waals surface area (Å²) in [5, 5.41) is 5.22. The molecule has 0 saturated heterocycles. The Morgan fingerprint density at radius 1 is 1.35 bits per heavy atom. The number of esters is 1. The number of hydrogen-bond donors (Lipinski definition) is 1. The second-order valence-corrected chi connectivity index (χ2v) is 7.40. The first-order valence-electron chi connectivity index (χ1n) is 6.77. The zero-order valence-corrected chi connectivity index (χ0v) is 14.2. The monoisotopic (exact) mass is 297 g/mol. The van der Waals surface area contributed by atoms with E-state index in [4.69, 9.17) is 9.88 Å². The molecule has 2 N–H and O–H groups in total. The maximum Gasteiger partial charge on any atom is 0.310 e. The van der Waals surface area contributed by atoms with E-state index in [1.165, 1.54) is 17.5 Å². The van der Waals surface area contributed by atoms with Crippen molar-refractivity contribution in [1.29, 1.82) is 0 Å². The average molecular weight is 297 g/mol. The van der Waals surface area contributed by atoms with Crippen LogP contribution in [0, 0.1) is 6.92 Å². The van der Waals surface area contributed by atoms with Gasteiger partial charge in [0, 0.05) is 4.75 Å². The lowest BCUT2D eigenvalue weighted by Crippen LogP contribution is -2.13. The molecule has 0 unspecified atom stereocenters. The van der Waals surface area contributed by atoms with Crippen LogP contribution in [-0.2, 0) is 16.0 Å². The lowest BCUT2D eigenvalue weighted by atomic mass is 10.1. The number of ether oxygens (including phenoxy) is 1. The molecule has 0 aliphatic heterocycles. The van der Waals surface area contributed by atoms with Gasteiger partial charge in [-0.15, -0.1) is 0 Å². The highest BCUT2D eigenvalue weighted by Gasteiger charge is 2.06. The van der Waals surface area contributed by atoms with Gasteiger partial charge in [-0.25, -0.2) is 0 Å². The summed E-state index contributed by atoms with van der Waals surface area (Å²) in [7, 11) is 0. The Morgan fingerprint density at radius 3 is 2.30 bits per heavy atom. The van der Waals surface area contributed by atoms with Crippen LogP contribution in [0.5, 0.6) is 0 Å². The minimum Gasteiger partial charge on any atom is -0.463 e. The van der Waals surface area contributed by atoms with Gasteiger partial charge in [-0.1, -0.05) is 41.8 Å². The SMILES string of the molecule is CC(C)(C)SN.Cc1cccc(CC(=O)OC(C)C)c1. The van der Waals surface area contributed by atoms with Crippen molar-refractivity contribution in [1.82, 2.24) is 0 Å². The van der Waals surface area contributed by atoms with E-state index in [-0.39, 0.29) is 16.8 Å². The van der Waals surface area contributed by atoms with E-state index >= 15 is 0 Å². The number of rotatable bonds is 3. The van der Waals surface area contributed by atoms with Gasteiger partial charge in [0.2, 0.25) is 0 Å². The third-order valence-corrected chi connectivity index (χ3v) is 2.86. The minimum atomic E-state index is -0.161. The summed E-state index contributed by atoms with van der Waals surface area (Å²) < 4.78 is 5.29. The van der Waals surface area contributed by atoms with Crippen molar-refractivity contribution in [2.45, 2.75) is 58.8 Å². The van der Waals surface area contributed by atoms with Crippen LogP contribution in [0.15, 0.2) is 24.3 Å². The number of nitrogens with two attached hydrogens (primary N) is 1. The molecule has 20 heavy (non-hydrogen) atoms. The van der Waals surface area contributed by atoms with Crippen LogP contribution in [0.3, 0.4) is 0 Å². The fourth-order valence-corrected chi connectivity index (χ4v) is 1.29. The van der Waals surface area contributed by atoms with Gasteiger partial charge in [-0.3, -0.25) is 9.93 Å². The first kappa shape index (κ1) is 19.0. The smallest absolute Gasteiger partial charge is 0.310 e. The summed E-state index contributed by atoms with van der Waals surface area (Å²) in [4.78, 5) is 11.3. The molecule has 0 radical (unpaired) electrons. The predicted molar refractivity (Wildman–Crippen MR) is 87.6 cm³/mol. The van der Waals surface area contributed by atoms with Crippen molar-refractivity contribution in [3.8, 4) is 0 Å². The molecule has 114 valence electrons. The Hall–Kier alpha value is -1.00. The molecule has 0 fully saturated rings. The highest BCUT2D eigenvalue weighted by Crippen LogP contribution is 2.15. The quantitative estimate of drug-likeness (QED) is 0.679. The Labute approximate surface area is 127 Å². The molecule has 1 rings (SSSR count). The van der Waals surface area contributed by atoms with E-state index in [0.29, 0.717) is 6.42 Å². The van der Waals surface area contributed by atoms with Gasteiger partial charge in [-0.2, -0.15) is 0 Å². The van der Waals surface area contributed by atoms with Gasteiger partial charge in [0.15, 0.2) is 0 Å². The summed E-state index contributed by atoms with van der Waals surface area (Å²) in [6.07, 6.45) is 0.326. The highest BCUT2D eigenvalue weighted by molar-refractivity contribution is 7.98. The van der Waals surface area contributed by atoms with E-state index in [1.807, 2.05) is 45.0 Å². The van der Waals surface area contributed by atoms with E-state index in [0.717, 1.165) is 5.56 Å². The van der Waals surface area contributed by atoms with E-state index in [9.17, 15) is 4.79 Å². The highest BCUT2D eigenvalue weighted by atomic mass is 32.2. The summed E-state index contributed by atoms with van der Waals surface area (Å²) in [5.41, 5.74) is 2.18. The molecule has 1 aromatic carbocycles. The van der Waals surface area contributed by atoms with Gasteiger partial charge in [0.05, 0.1) is 12.5 Å². The summed E-state index contributed by atoms with van der Waals surface area (Å²) in [5.74, 6) is -0.161. The third-order valence-electron chi connectivity index (χ3n) is 2.15. The molecule has 0 heterocycles. The lowest BCUT2D eigenvalue weighted by Gasteiger charge is -2.11. The zero-order valence-electron chi connectivity index (χ0n) is 13.4. The molecule has 0 spiro atoms.